The molecule has 0 bridgehead atoms. The maximum atomic E-state index is 13.7. The van der Waals surface area contributed by atoms with E-state index in [0.29, 0.717) is 23.5 Å². The van der Waals surface area contributed by atoms with Crippen LogP contribution in [-0.2, 0) is 16.8 Å². The number of amides is 1. The van der Waals surface area contributed by atoms with Gasteiger partial charge in [0, 0.05) is 11.1 Å². The number of nitrogens with zero attached hydrogens (tertiary/aromatic N) is 1. The predicted octanol–water partition coefficient (Wildman–Crippen LogP) is 4.69. The number of carbonyl (C=O) groups is 1. The van der Waals surface area contributed by atoms with Gasteiger partial charge in [-0.25, -0.2) is 4.98 Å². The minimum atomic E-state index is -5.05. The summed E-state index contributed by atoms with van der Waals surface area (Å²) in [5.41, 5.74) is -1.31. The first kappa shape index (κ1) is 22.0. The number of aryl methyl sites for hydroxylation is 1. The summed E-state index contributed by atoms with van der Waals surface area (Å²) in [7, 11) is 0. The van der Waals surface area contributed by atoms with Crippen LogP contribution in [0.5, 0.6) is 0 Å². The Morgan fingerprint density at radius 3 is 2.23 bits per heavy atom. The summed E-state index contributed by atoms with van der Waals surface area (Å²) in [6, 6.07) is 17.8. The third-order valence-electron chi connectivity index (χ3n) is 4.68. The molecule has 0 unspecified atom stereocenters. The number of rotatable bonds is 7. The number of alkyl halides is 3. The molecule has 3 rings (SSSR count). The predicted molar refractivity (Wildman–Crippen MR) is 109 cm³/mol. The van der Waals surface area contributed by atoms with Crippen molar-refractivity contribution in [3.05, 3.63) is 87.9 Å². The molecule has 1 heterocycles. The van der Waals surface area contributed by atoms with Gasteiger partial charge in [0.05, 0.1) is 12.5 Å². The highest BCUT2D eigenvalue weighted by molar-refractivity contribution is 7.09. The Bertz CT molecular complexity index is 977. The molecule has 0 aliphatic heterocycles. The van der Waals surface area contributed by atoms with Gasteiger partial charge in [-0.05, 0) is 24.5 Å². The van der Waals surface area contributed by atoms with Gasteiger partial charge < -0.3 is 10.4 Å². The highest BCUT2D eigenvalue weighted by atomic mass is 32.1. The molecular weight excluding hydrogens is 413 g/mol. The van der Waals surface area contributed by atoms with Gasteiger partial charge in [0.1, 0.15) is 5.01 Å². The van der Waals surface area contributed by atoms with E-state index in [-0.39, 0.29) is 0 Å². The van der Waals surface area contributed by atoms with E-state index in [2.05, 4.69) is 10.3 Å². The summed E-state index contributed by atoms with van der Waals surface area (Å²) in [4.78, 5) is 16.4. The molecule has 0 saturated carbocycles. The molecule has 0 aliphatic rings. The minimum Gasteiger partial charge on any atom is -0.374 e. The summed E-state index contributed by atoms with van der Waals surface area (Å²) < 4.78 is 41.1. The monoisotopic (exact) mass is 434 g/mol. The van der Waals surface area contributed by atoms with Gasteiger partial charge in [-0.15, -0.1) is 11.3 Å². The van der Waals surface area contributed by atoms with Gasteiger partial charge in [0.2, 0.25) is 11.5 Å². The second kappa shape index (κ2) is 8.97. The van der Waals surface area contributed by atoms with E-state index in [1.54, 1.807) is 24.3 Å². The van der Waals surface area contributed by atoms with Crippen molar-refractivity contribution in [3.63, 3.8) is 0 Å². The highest BCUT2D eigenvalue weighted by Gasteiger charge is 2.58. The van der Waals surface area contributed by atoms with Crippen LogP contribution >= 0.6 is 11.3 Å². The van der Waals surface area contributed by atoms with Crippen molar-refractivity contribution in [2.75, 3.05) is 0 Å². The first-order valence-electron chi connectivity index (χ1n) is 9.29. The van der Waals surface area contributed by atoms with Gasteiger partial charge in [-0.1, -0.05) is 60.7 Å². The molecule has 8 heteroatoms. The first-order valence-corrected chi connectivity index (χ1v) is 10.2. The zero-order valence-electron chi connectivity index (χ0n) is 16.2. The topological polar surface area (TPSA) is 62.2 Å². The van der Waals surface area contributed by atoms with E-state index in [1.807, 2.05) is 36.4 Å². The maximum Gasteiger partial charge on any atom is 0.424 e. The van der Waals surface area contributed by atoms with Gasteiger partial charge in [0.15, 0.2) is 0 Å². The molecule has 0 fully saturated rings. The molecule has 0 radical (unpaired) electrons. The van der Waals surface area contributed by atoms with Crippen LogP contribution in [0.25, 0.3) is 0 Å². The van der Waals surface area contributed by atoms with Crippen molar-refractivity contribution in [2.24, 2.45) is 0 Å². The molecule has 30 heavy (non-hydrogen) atoms. The number of carbonyl (C=O) groups excluding carboxylic acids is 1. The zero-order valence-corrected chi connectivity index (χ0v) is 17.0. The number of benzene rings is 2. The van der Waals surface area contributed by atoms with E-state index < -0.39 is 35.2 Å². The number of aliphatic hydroxyl groups is 1. The Balaban J connectivity index is 1.84. The normalized spacial score (nSPS) is 14.7. The average molecular weight is 434 g/mol. The van der Waals surface area contributed by atoms with Crippen LogP contribution in [0, 0.1) is 6.92 Å². The smallest absolute Gasteiger partial charge is 0.374 e. The van der Waals surface area contributed by atoms with Gasteiger partial charge >= 0.3 is 6.18 Å². The van der Waals surface area contributed by atoms with Crippen LogP contribution in [-0.4, -0.2) is 22.2 Å². The van der Waals surface area contributed by atoms with E-state index in [4.69, 9.17) is 0 Å². The maximum absolute atomic E-state index is 13.7. The van der Waals surface area contributed by atoms with Crippen LogP contribution in [0.1, 0.15) is 34.3 Å². The van der Waals surface area contributed by atoms with Gasteiger partial charge in [-0.3, -0.25) is 4.79 Å². The third-order valence-corrected chi connectivity index (χ3v) is 5.79. The van der Waals surface area contributed by atoms with Gasteiger partial charge in [0.25, 0.3) is 0 Å². The summed E-state index contributed by atoms with van der Waals surface area (Å²) >= 11 is 0.682. The first-order chi connectivity index (χ1) is 14.2. The second-order valence-electron chi connectivity index (χ2n) is 7.05. The summed E-state index contributed by atoms with van der Waals surface area (Å²) in [6.07, 6.45) is -5.81. The Kier molecular flexibility index (Phi) is 6.58. The lowest BCUT2D eigenvalue weighted by atomic mass is 9.96. The largest absolute Gasteiger partial charge is 0.424 e. The Morgan fingerprint density at radius 2 is 1.70 bits per heavy atom. The zero-order chi connectivity index (χ0) is 21.8. The number of thiazole rings is 1. The molecule has 0 spiro atoms. The van der Waals surface area contributed by atoms with Crippen LogP contribution in [0.2, 0.25) is 0 Å². The summed E-state index contributed by atoms with van der Waals surface area (Å²) in [6.45, 7) is 1.53. The molecule has 4 nitrogen and oxygen atoms in total. The van der Waals surface area contributed by atoms with Crippen LogP contribution < -0.4 is 5.32 Å². The molecule has 1 aromatic heterocycles. The van der Waals surface area contributed by atoms with Crippen molar-refractivity contribution >= 4 is 17.2 Å². The quantitative estimate of drug-likeness (QED) is 0.567. The van der Waals surface area contributed by atoms with E-state index >= 15 is 0 Å². The fourth-order valence-corrected chi connectivity index (χ4v) is 4.02. The highest BCUT2D eigenvalue weighted by Crippen LogP contribution is 2.43. The van der Waals surface area contributed by atoms with Crippen molar-refractivity contribution in [2.45, 2.75) is 37.6 Å². The van der Waals surface area contributed by atoms with Crippen molar-refractivity contribution in [1.82, 2.24) is 10.3 Å². The Morgan fingerprint density at radius 1 is 1.10 bits per heavy atom. The molecular formula is C22H21F3N2O2S. The fraction of sp³-hybridized carbons (Fsp3) is 0.273. The number of halogens is 3. The number of hydrogen-bond acceptors (Lipinski definition) is 4. The fourth-order valence-electron chi connectivity index (χ4n) is 3.11. The molecule has 158 valence electrons. The lowest BCUT2D eigenvalue weighted by molar-refractivity contribution is -0.267. The van der Waals surface area contributed by atoms with E-state index in [0.717, 1.165) is 11.1 Å². The Hall–Kier alpha value is -2.71. The molecule has 2 atom stereocenters. The molecule has 2 N–H and O–H groups in total. The average Bonchev–Trinajstić information content (AvgIpc) is 3.15. The Labute approximate surface area is 176 Å². The van der Waals surface area contributed by atoms with E-state index in [9.17, 15) is 23.1 Å². The summed E-state index contributed by atoms with van der Waals surface area (Å²) in [5, 5.41) is 14.0. The summed E-state index contributed by atoms with van der Waals surface area (Å²) in [5.74, 6) is -0.910. The minimum absolute atomic E-state index is 0.351. The lowest BCUT2D eigenvalue weighted by Crippen LogP contribution is -2.46. The van der Waals surface area contributed by atoms with Crippen LogP contribution in [0.3, 0.4) is 0 Å². The molecule has 2 aromatic carbocycles. The second-order valence-corrected chi connectivity index (χ2v) is 7.91. The number of nitrogens with one attached hydrogen (secondary N) is 1. The number of hydrogen-bond donors (Lipinski definition) is 2. The van der Waals surface area contributed by atoms with Gasteiger partial charge in [-0.2, -0.15) is 13.2 Å². The SMILES string of the molecule is Cc1csc([C@](O)(CC(=O)N[C@@H](Cc2ccccc2)c2ccccc2)C(F)(F)F)n1. The standard InChI is InChI=1S/C22H21F3N2O2S/c1-15-14-30-20(26-15)21(29,22(23,24)25)13-19(28)27-18(17-10-6-3-7-11-17)12-16-8-4-2-5-9-16/h2-11,14,18,29H,12-13H2,1H3,(H,27,28)/t18-,21+/m0/s1. The third kappa shape index (κ3) is 5.06. The van der Waals surface area contributed by atoms with Crippen molar-refractivity contribution in [1.29, 1.82) is 0 Å². The molecule has 3 aromatic rings. The molecule has 0 aliphatic carbocycles. The van der Waals surface area contributed by atoms with E-state index in [1.165, 1.54) is 12.3 Å². The van der Waals surface area contributed by atoms with Crippen molar-refractivity contribution in [3.8, 4) is 0 Å². The van der Waals surface area contributed by atoms with Crippen molar-refractivity contribution < 1.29 is 23.1 Å². The van der Waals surface area contributed by atoms with Crippen LogP contribution in [0.15, 0.2) is 66.0 Å². The van der Waals surface area contributed by atoms with Crippen LogP contribution in [0.4, 0.5) is 13.2 Å². The number of aromatic nitrogens is 1. The molecule has 0 saturated heterocycles. The lowest BCUT2D eigenvalue weighted by Gasteiger charge is -2.29. The molecule has 1 amide bonds.